The summed E-state index contributed by atoms with van der Waals surface area (Å²) in [6.07, 6.45) is 1.91. The van der Waals surface area contributed by atoms with Gasteiger partial charge in [-0.15, -0.1) is 0 Å². The predicted molar refractivity (Wildman–Crippen MR) is 115 cm³/mol. The fourth-order valence-corrected chi connectivity index (χ4v) is 4.71. The van der Waals surface area contributed by atoms with Crippen LogP contribution in [0.5, 0.6) is 0 Å². The molecule has 2 fully saturated rings. The summed E-state index contributed by atoms with van der Waals surface area (Å²) < 4.78 is 14.1. The van der Waals surface area contributed by atoms with Crippen molar-refractivity contribution in [2.24, 2.45) is 11.3 Å². The standard InChI is InChI=1S/C23H27FN4O4/c1-23(2)10-18(21(31)26-15(11-29)8-14-6-7-25-20(14)30)28(12-23)22(32)17-9-13-4-3-5-16(24)19(13)27-17/h3-5,9,11,14-15,18,27H,6-8,10,12H2,1-2H3,(H,25,30)(H,26,31)/t14-,15-,18-/m0/s1. The van der Waals surface area contributed by atoms with E-state index in [4.69, 9.17) is 0 Å². The van der Waals surface area contributed by atoms with Gasteiger partial charge in [0.1, 0.15) is 23.8 Å². The number of para-hydroxylation sites is 1. The van der Waals surface area contributed by atoms with Gasteiger partial charge in [-0.1, -0.05) is 26.0 Å². The molecule has 3 amide bonds. The van der Waals surface area contributed by atoms with Gasteiger partial charge in [0.25, 0.3) is 5.91 Å². The number of nitrogens with one attached hydrogen (secondary N) is 3. The second-order valence-corrected chi connectivity index (χ2v) is 9.47. The number of fused-ring (bicyclic) bond motifs is 1. The summed E-state index contributed by atoms with van der Waals surface area (Å²) in [5.41, 5.74) is 0.137. The van der Waals surface area contributed by atoms with Gasteiger partial charge >= 0.3 is 0 Å². The van der Waals surface area contributed by atoms with Crippen molar-refractivity contribution in [3.63, 3.8) is 0 Å². The number of halogens is 1. The van der Waals surface area contributed by atoms with Crippen LogP contribution in [0.4, 0.5) is 4.39 Å². The molecule has 2 aliphatic heterocycles. The summed E-state index contributed by atoms with van der Waals surface area (Å²) in [6.45, 7) is 4.84. The Labute approximate surface area is 184 Å². The van der Waals surface area contributed by atoms with Gasteiger partial charge in [0, 0.05) is 24.4 Å². The Bertz CT molecular complexity index is 1080. The zero-order valence-electron chi connectivity index (χ0n) is 18.1. The molecule has 2 aliphatic rings. The molecule has 8 nitrogen and oxygen atoms in total. The number of rotatable bonds is 6. The van der Waals surface area contributed by atoms with Crippen LogP contribution in [-0.4, -0.2) is 59.1 Å². The fraction of sp³-hybridized carbons (Fsp3) is 0.478. The van der Waals surface area contributed by atoms with Crippen molar-refractivity contribution < 1.29 is 23.6 Å². The quantitative estimate of drug-likeness (QED) is 0.592. The summed E-state index contributed by atoms with van der Waals surface area (Å²) in [7, 11) is 0. The summed E-state index contributed by atoms with van der Waals surface area (Å²) in [6, 6.07) is 4.59. The van der Waals surface area contributed by atoms with Gasteiger partial charge in [0.05, 0.1) is 11.6 Å². The normalized spacial score (nSPS) is 23.2. The first-order valence-electron chi connectivity index (χ1n) is 10.8. The Kier molecular flexibility index (Phi) is 5.75. The third-order valence-electron chi connectivity index (χ3n) is 6.31. The van der Waals surface area contributed by atoms with Crippen molar-refractivity contribution in [1.29, 1.82) is 0 Å². The molecule has 0 spiro atoms. The number of aromatic nitrogens is 1. The van der Waals surface area contributed by atoms with E-state index >= 15 is 0 Å². The first-order chi connectivity index (χ1) is 15.2. The average molecular weight is 442 g/mol. The monoisotopic (exact) mass is 442 g/mol. The average Bonchev–Trinajstić information content (AvgIpc) is 3.44. The van der Waals surface area contributed by atoms with Crippen LogP contribution in [0.2, 0.25) is 0 Å². The topological polar surface area (TPSA) is 111 Å². The van der Waals surface area contributed by atoms with E-state index in [1.807, 2.05) is 13.8 Å². The summed E-state index contributed by atoms with van der Waals surface area (Å²) >= 11 is 0. The van der Waals surface area contributed by atoms with Gasteiger partial charge in [0.15, 0.2) is 0 Å². The Morgan fingerprint density at radius 3 is 2.81 bits per heavy atom. The van der Waals surface area contributed by atoms with Crippen molar-refractivity contribution in [3.05, 3.63) is 35.8 Å². The molecule has 170 valence electrons. The molecule has 9 heteroatoms. The highest BCUT2D eigenvalue weighted by molar-refractivity contribution is 6.01. The van der Waals surface area contributed by atoms with Gasteiger partial charge in [0.2, 0.25) is 11.8 Å². The van der Waals surface area contributed by atoms with Gasteiger partial charge in [-0.25, -0.2) is 4.39 Å². The van der Waals surface area contributed by atoms with E-state index in [0.29, 0.717) is 37.6 Å². The summed E-state index contributed by atoms with van der Waals surface area (Å²) in [5.74, 6) is -1.71. The molecule has 0 aliphatic carbocycles. The molecule has 3 N–H and O–H groups in total. The number of carbonyl (C=O) groups excluding carboxylic acids is 4. The van der Waals surface area contributed by atoms with Crippen LogP contribution in [0.15, 0.2) is 24.3 Å². The first-order valence-corrected chi connectivity index (χ1v) is 10.8. The third kappa shape index (κ3) is 4.24. The van der Waals surface area contributed by atoms with Crippen LogP contribution in [-0.2, 0) is 14.4 Å². The lowest BCUT2D eigenvalue weighted by atomic mass is 9.90. The molecule has 3 heterocycles. The molecule has 0 radical (unpaired) electrons. The fourth-order valence-electron chi connectivity index (χ4n) is 4.71. The van der Waals surface area contributed by atoms with E-state index in [1.54, 1.807) is 18.2 Å². The van der Waals surface area contributed by atoms with Crippen molar-refractivity contribution in [2.45, 2.75) is 45.2 Å². The van der Waals surface area contributed by atoms with E-state index in [-0.39, 0.29) is 34.9 Å². The highest BCUT2D eigenvalue weighted by atomic mass is 19.1. The maximum absolute atomic E-state index is 14.1. The Balaban J connectivity index is 1.52. The van der Waals surface area contributed by atoms with Crippen molar-refractivity contribution in [1.82, 2.24) is 20.5 Å². The number of H-pyrrole nitrogens is 1. The summed E-state index contributed by atoms with van der Waals surface area (Å²) in [4.78, 5) is 54.1. The molecule has 2 saturated heterocycles. The van der Waals surface area contributed by atoms with E-state index in [0.717, 1.165) is 0 Å². The number of hydrogen-bond acceptors (Lipinski definition) is 4. The molecule has 32 heavy (non-hydrogen) atoms. The maximum Gasteiger partial charge on any atom is 0.271 e. The molecule has 1 aromatic heterocycles. The SMILES string of the molecule is CC1(C)C[C@@H](C(=O)N[C@H](C=O)C[C@@H]2CCNC2=O)N(C(=O)c2cc3cccc(F)c3[nH]2)C1. The van der Waals surface area contributed by atoms with E-state index in [1.165, 1.54) is 11.0 Å². The first kappa shape index (κ1) is 22.0. The second-order valence-electron chi connectivity index (χ2n) is 9.47. The number of aldehydes is 1. The molecule has 1 aromatic carbocycles. The molecule has 0 saturated carbocycles. The molecular weight excluding hydrogens is 415 g/mol. The lowest BCUT2D eigenvalue weighted by Gasteiger charge is -2.25. The Morgan fingerprint density at radius 1 is 1.38 bits per heavy atom. The third-order valence-corrected chi connectivity index (χ3v) is 6.31. The van der Waals surface area contributed by atoms with Crippen molar-refractivity contribution >= 4 is 34.9 Å². The summed E-state index contributed by atoms with van der Waals surface area (Å²) in [5, 5.41) is 6.01. The Morgan fingerprint density at radius 2 is 2.16 bits per heavy atom. The van der Waals surface area contributed by atoms with Crippen molar-refractivity contribution in [3.8, 4) is 0 Å². The molecule has 3 atom stereocenters. The van der Waals surface area contributed by atoms with Crippen LogP contribution in [0.3, 0.4) is 0 Å². The largest absolute Gasteiger partial charge is 0.356 e. The number of benzene rings is 1. The van der Waals surface area contributed by atoms with E-state index < -0.39 is 29.7 Å². The lowest BCUT2D eigenvalue weighted by Crippen LogP contribution is -2.49. The molecule has 0 unspecified atom stereocenters. The minimum absolute atomic E-state index is 0.115. The van der Waals surface area contributed by atoms with Gasteiger partial charge in [-0.2, -0.15) is 0 Å². The minimum Gasteiger partial charge on any atom is -0.356 e. The molecule has 2 aromatic rings. The highest BCUT2D eigenvalue weighted by Crippen LogP contribution is 2.35. The van der Waals surface area contributed by atoms with E-state index in [9.17, 15) is 23.6 Å². The predicted octanol–water partition coefficient (Wildman–Crippen LogP) is 1.76. The molecule has 0 bridgehead atoms. The van der Waals surface area contributed by atoms with E-state index in [2.05, 4.69) is 15.6 Å². The number of carbonyl (C=O) groups is 4. The number of amides is 3. The van der Waals surface area contributed by atoms with Crippen LogP contribution < -0.4 is 10.6 Å². The number of aromatic amines is 1. The van der Waals surface area contributed by atoms with Crippen LogP contribution in [0, 0.1) is 17.2 Å². The minimum atomic E-state index is -0.806. The lowest BCUT2D eigenvalue weighted by molar-refractivity contribution is -0.128. The van der Waals surface area contributed by atoms with Crippen LogP contribution >= 0.6 is 0 Å². The van der Waals surface area contributed by atoms with Gasteiger partial charge in [-0.3, -0.25) is 14.4 Å². The van der Waals surface area contributed by atoms with Crippen molar-refractivity contribution in [2.75, 3.05) is 13.1 Å². The second kappa shape index (κ2) is 8.37. The molecule has 4 rings (SSSR count). The maximum atomic E-state index is 14.1. The Hall–Kier alpha value is -3.23. The zero-order chi connectivity index (χ0) is 23.0. The number of nitrogens with zero attached hydrogens (tertiary/aromatic N) is 1. The van der Waals surface area contributed by atoms with Gasteiger partial charge in [-0.05, 0) is 36.8 Å². The highest BCUT2D eigenvalue weighted by Gasteiger charge is 2.44. The van der Waals surface area contributed by atoms with Crippen LogP contribution in [0.25, 0.3) is 10.9 Å². The smallest absolute Gasteiger partial charge is 0.271 e. The van der Waals surface area contributed by atoms with Gasteiger partial charge < -0.3 is 25.3 Å². The molecular formula is C23H27FN4O4. The number of hydrogen-bond donors (Lipinski definition) is 3. The zero-order valence-corrected chi connectivity index (χ0v) is 18.1. The van der Waals surface area contributed by atoms with Crippen LogP contribution in [0.1, 0.15) is 43.6 Å². The number of likely N-dealkylation sites (tertiary alicyclic amines) is 1.